The van der Waals surface area contributed by atoms with Gasteiger partial charge in [0.2, 0.25) is 5.52 Å². The summed E-state index contributed by atoms with van der Waals surface area (Å²) in [5.74, 6) is -0.502. The molecule has 2 heterocycles. The lowest BCUT2D eigenvalue weighted by Crippen LogP contribution is -2.37. The molecule has 0 bridgehead atoms. The lowest BCUT2D eigenvalue weighted by Gasteiger charge is -2.04. The van der Waals surface area contributed by atoms with Crippen molar-refractivity contribution in [2.45, 2.75) is 6.54 Å². The van der Waals surface area contributed by atoms with Gasteiger partial charge >= 0.3 is 11.6 Å². The highest BCUT2D eigenvalue weighted by molar-refractivity contribution is 6.30. The van der Waals surface area contributed by atoms with Crippen LogP contribution in [0.25, 0.3) is 11.2 Å². The molecule has 0 aliphatic heterocycles. The minimum absolute atomic E-state index is 0.00116. The second-order valence-corrected chi connectivity index (χ2v) is 5.70. The molecule has 0 radical (unpaired) electrons. The fraction of sp³-hybridized carbons (Fsp3) is 0.214. The van der Waals surface area contributed by atoms with Gasteiger partial charge in [-0.25, -0.2) is 9.36 Å². The number of halogens is 1. The summed E-state index contributed by atoms with van der Waals surface area (Å²) < 4.78 is 3.20. The largest absolute Gasteiger partial charge is 0.437 e. The van der Waals surface area contributed by atoms with Crippen LogP contribution in [0, 0.1) is 10.1 Å². The quantitative estimate of drug-likeness (QED) is 0.519. The molecule has 3 aromatic rings. The van der Waals surface area contributed by atoms with Crippen LogP contribution in [0.15, 0.2) is 33.9 Å². The summed E-state index contributed by atoms with van der Waals surface area (Å²) >= 11 is 5.84. The van der Waals surface area contributed by atoms with Crippen molar-refractivity contribution in [1.82, 2.24) is 18.7 Å². The van der Waals surface area contributed by atoms with Crippen molar-refractivity contribution in [3.05, 3.63) is 65.8 Å². The maximum Gasteiger partial charge on any atom is 0.437 e. The Morgan fingerprint density at radius 1 is 1.17 bits per heavy atom. The van der Waals surface area contributed by atoms with Crippen LogP contribution < -0.4 is 11.2 Å². The van der Waals surface area contributed by atoms with E-state index in [-0.39, 0.29) is 17.7 Å². The van der Waals surface area contributed by atoms with Gasteiger partial charge in [0.25, 0.3) is 11.2 Å². The number of aromatic nitrogens is 4. The highest BCUT2D eigenvalue weighted by Gasteiger charge is 2.28. The van der Waals surface area contributed by atoms with Crippen molar-refractivity contribution >= 4 is 28.7 Å². The highest BCUT2D eigenvalue weighted by Crippen LogP contribution is 2.20. The summed E-state index contributed by atoms with van der Waals surface area (Å²) in [7, 11) is 2.73. The normalized spacial score (nSPS) is 11.1. The molecule has 0 saturated heterocycles. The standard InChI is InChI=1S/C14H12ClN5O4/c1-17-11-10(12(21)18(2)14(17)22)19(13(16-11)20(23)24)7-8-3-5-9(15)6-4-8/h3-6H,7H2,1-2H3. The summed E-state index contributed by atoms with van der Waals surface area (Å²) in [6.45, 7) is 0.0530. The van der Waals surface area contributed by atoms with E-state index in [0.29, 0.717) is 10.6 Å². The number of aryl methyl sites for hydroxylation is 1. The SMILES string of the molecule is Cn1c(=O)c2c(nc([N+](=O)[O-])n2Cc2ccc(Cl)cc2)n(C)c1=O. The van der Waals surface area contributed by atoms with E-state index in [4.69, 9.17) is 11.6 Å². The van der Waals surface area contributed by atoms with Crippen molar-refractivity contribution in [1.29, 1.82) is 0 Å². The number of benzene rings is 1. The molecule has 0 atom stereocenters. The van der Waals surface area contributed by atoms with E-state index in [1.807, 2.05) is 0 Å². The van der Waals surface area contributed by atoms with Crippen LogP contribution in [0.2, 0.25) is 5.02 Å². The molecule has 0 spiro atoms. The zero-order valence-electron chi connectivity index (χ0n) is 12.8. The van der Waals surface area contributed by atoms with Gasteiger partial charge in [-0.1, -0.05) is 23.7 Å². The third-order valence-corrected chi connectivity index (χ3v) is 4.00. The van der Waals surface area contributed by atoms with Crippen LogP contribution in [0.1, 0.15) is 5.56 Å². The molecule has 24 heavy (non-hydrogen) atoms. The van der Waals surface area contributed by atoms with Gasteiger partial charge in [0.05, 0.1) is 6.54 Å². The molecular weight excluding hydrogens is 338 g/mol. The van der Waals surface area contributed by atoms with Crippen LogP contribution in [0.3, 0.4) is 0 Å². The van der Waals surface area contributed by atoms with E-state index in [1.165, 1.54) is 18.7 Å². The Kier molecular flexibility index (Phi) is 3.72. The monoisotopic (exact) mass is 349 g/mol. The molecule has 1 aromatic carbocycles. The number of hydrogen-bond acceptors (Lipinski definition) is 5. The van der Waals surface area contributed by atoms with E-state index in [9.17, 15) is 19.7 Å². The van der Waals surface area contributed by atoms with Crippen molar-refractivity contribution in [3.8, 4) is 0 Å². The van der Waals surface area contributed by atoms with Gasteiger partial charge in [0.1, 0.15) is 0 Å². The van der Waals surface area contributed by atoms with Gasteiger partial charge in [-0.3, -0.25) is 13.9 Å². The van der Waals surface area contributed by atoms with Crippen LogP contribution in [-0.2, 0) is 20.6 Å². The van der Waals surface area contributed by atoms with E-state index < -0.39 is 22.1 Å². The van der Waals surface area contributed by atoms with Crippen molar-refractivity contribution < 1.29 is 4.92 Å². The van der Waals surface area contributed by atoms with E-state index in [1.54, 1.807) is 24.3 Å². The molecule has 2 aromatic heterocycles. The smallest absolute Gasteiger partial charge is 0.390 e. The van der Waals surface area contributed by atoms with E-state index in [2.05, 4.69) is 4.98 Å². The third-order valence-electron chi connectivity index (χ3n) is 3.75. The topological polar surface area (TPSA) is 105 Å². The van der Waals surface area contributed by atoms with E-state index >= 15 is 0 Å². The second-order valence-electron chi connectivity index (χ2n) is 5.26. The number of nitro groups is 1. The first-order valence-corrected chi connectivity index (χ1v) is 7.24. The Morgan fingerprint density at radius 3 is 2.38 bits per heavy atom. The molecule has 0 aliphatic rings. The van der Waals surface area contributed by atoms with Crippen LogP contribution >= 0.6 is 11.6 Å². The van der Waals surface area contributed by atoms with Gasteiger partial charge in [0, 0.05) is 19.1 Å². The van der Waals surface area contributed by atoms with Crippen LogP contribution in [0.5, 0.6) is 0 Å². The number of nitrogens with zero attached hydrogens (tertiary/aromatic N) is 5. The Hall–Kier alpha value is -2.94. The molecule has 0 unspecified atom stereocenters. The average Bonchev–Trinajstić information content (AvgIpc) is 2.92. The minimum atomic E-state index is -0.681. The van der Waals surface area contributed by atoms with Crippen LogP contribution in [-0.4, -0.2) is 23.6 Å². The fourth-order valence-electron chi connectivity index (χ4n) is 2.50. The molecule has 9 nitrogen and oxygen atoms in total. The predicted molar refractivity (Wildman–Crippen MR) is 87.4 cm³/mol. The Labute approximate surface area is 139 Å². The molecule has 0 N–H and O–H groups in total. The molecule has 0 saturated carbocycles. The maximum atomic E-state index is 12.4. The Bertz CT molecular complexity index is 1080. The Balaban J connectivity index is 2.34. The number of hydrogen-bond donors (Lipinski definition) is 0. The van der Waals surface area contributed by atoms with Gasteiger partial charge < -0.3 is 10.1 Å². The molecule has 124 valence electrons. The van der Waals surface area contributed by atoms with Gasteiger partial charge in [0.15, 0.2) is 0 Å². The first kappa shape index (κ1) is 15.9. The molecule has 10 heteroatoms. The molecule has 3 rings (SSSR count). The predicted octanol–water partition coefficient (Wildman–Crippen LogP) is 1.04. The summed E-state index contributed by atoms with van der Waals surface area (Å²) in [4.78, 5) is 39.0. The van der Waals surface area contributed by atoms with Crippen molar-refractivity contribution in [3.63, 3.8) is 0 Å². The molecular formula is C14H12ClN5O4. The van der Waals surface area contributed by atoms with Crippen molar-refractivity contribution in [2.24, 2.45) is 14.1 Å². The molecule has 0 aliphatic carbocycles. The van der Waals surface area contributed by atoms with Crippen LogP contribution in [0.4, 0.5) is 5.95 Å². The number of rotatable bonds is 3. The summed E-state index contributed by atoms with van der Waals surface area (Å²) in [5, 5.41) is 11.9. The lowest BCUT2D eigenvalue weighted by molar-refractivity contribution is -0.396. The van der Waals surface area contributed by atoms with E-state index in [0.717, 1.165) is 9.13 Å². The maximum absolute atomic E-state index is 12.4. The fourth-order valence-corrected chi connectivity index (χ4v) is 2.62. The second kappa shape index (κ2) is 5.60. The summed E-state index contributed by atoms with van der Waals surface area (Å²) in [6.07, 6.45) is 0. The van der Waals surface area contributed by atoms with Gasteiger partial charge in [-0.05, 0) is 27.6 Å². The number of fused-ring (bicyclic) bond motifs is 1. The third kappa shape index (κ3) is 2.38. The first-order valence-electron chi connectivity index (χ1n) is 6.86. The Morgan fingerprint density at radius 2 is 1.79 bits per heavy atom. The zero-order chi connectivity index (χ0) is 17.6. The highest BCUT2D eigenvalue weighted by atomic mass is 35.5. The van der Waals surface area contributed by atoms with Crippen molar-refractivity contribution in [2.75, 3.05) is 0 Å². The van der Waals surface area contributed by atoms with Gasteiger partial charge in [-0.2, -0.15) is 0 Å². The molecule has 0 amide bonds. The first-order chi connectivity index (χ1) is 11.3. The minimum Gasteiger partial charge on any atom is -0.390 e. The number of imidazole rings is 1. The van der Waals surface area contributed by atoms with Gasteiger partial charge in [-0.15, -0.1) is 0 Å². The average molecular weight is 350 g/mol. The summed E-state index contributed by atoms with van der Waals surface area (Å²) in [5.41, 5.74) is -0.552. The zero-order valence-corrected chi connectivity index (χ0v) is 13.5. The molecule has 0 fully saturated rings. The summed E-state index contributed by atoms with van der Waals surface area (Å²) in [6, 6.07) is 6.69. The lowest BCUT2D eigenvalue weighted by atomic mass is 10.2.